The Bertz CT molecular complexity index is 582. The zero-order valence-electron chi connectivity index (χ0n) is 10.8. The molecule has 0 atom stereocenters. The quantitative estimate of drug-likeness (QED) is 0.863. The zero-order valence-corrected chi connectivity index (χ0v) is 10.8. The summed E-state index contributed by atoms with van der Waals surface area (Å²) in [5.41, 5.74) is 2.60. The van der Waals surface area contributed by atoms with Gasteiger partial charge in [0.2, 0.25) is 0 Å². The Kier molecular flexibility index (Phi) is 4.13. The van der Waals surface area contributed by atoms with E-state index in [1.165, 1.54) is 17.2 Å². The van der Waals surface area contributed by atoms with Crippen LogP contribution in [0, 0.1) is 6.92 Å². The van der Waals surface area contributed by atoms with E-state index in [4.69, 9.17) is 5.11 Å². The molecule has 98 valence electrons. The first-order valence-corrected chi connectivity index (χ1v) is 6.15. The highest BCUT2D eigenvalue weighted by Crippen LogP contribution is 2.09. The molecule has 19 heavy (non-hydrogen) atoms. The average Bonchev–Trinajstić information content (AvgIpc) is 2.41. The summed E-state index contributed by atoms with van der Waals surface area (Å²) in [4.78, 5) is 14.8. The number of benzene rings is 1. The second-order valence-electron chi connectivity index (χ2n) is 4.32. The minimum absolute atomic E-state index is 0.0564. The summed E-state index contributed by atoms with van der Waals surface area (Å²) in [5, 5.41) is 12.0. The van der Waals surface area contributed by atoms with E-state index in [9.17, 15) is 4.79 Å². The van der Waals surface area contributed by atoms with Crippen LogP contribution in [0.3, 0.4) is 0 Å². The molecule has 0 radical (unpaired) electrons. The molecule has 1 aromatic carbocycles. The van der Waals surface area contributed by atoms with Crippen LogP contribution in [0.2, 0.25) is 0 Å². The van der Waals surface area contributed by atoms with Crippen LogP contribution in [0.15, 0.2) is 42.5 Å². The van der Waals surface area contributed by atoms with E-state index in [-0.39, 0.29) is 5.69 Å². The predicted molar refractivity (Wildman–Crippen MR) is 74.6 cm³/mol. The Balaban J connectivity index is 1.94. The number of rotatable bonds is 5. The number of aromatic carboxylic acids is 1. The van der Waals surface area contributed by atoms with Crippen molar-refractivity contribution >= 4 is 11.8 Å². The van der Waals surface area contributed by atoms with E-state index in [1.54, 1.807) is 12.1 Å². The Morgan fingerprint density at radius 1 is 1.21 bits per heavy atom. The van der Waals surface area contributed by atoms with Crippen molar-refractivity contribution in [3.63, 3.8) is 0 Å². The monoisotopic (exact) mass is 256 g/mol. The van der Waals surface area contributed by atoms with Crippen molar-refractivity contribution in [1.82, 2.24) is 4.98 Å². The molecule has 1 heterocycles. The fraction of sp³-hybridized carbons (Fsp3) is 0.200. The molecule has 1 aromatic heterocycles. The lowest BCUT2D eigenvalue weighted by molar-refractivity contribution is 0.0690. The molecule has 4 heteroatoms. The Morgan fingerprint density at radius 2 is 2.00 bits per heavy atom. The molecule has 0 aliphatic heterocycles. The molecule has 0 unspecified atom stereocenters. The predicted octanol–water partition coefficient (Wildman–Crippen LogP) is 2.74. The maximum Gasteiger partial charge on any atom is 0.354 e. The molecule has 0 saturated heterocycles. The molecule has 2 rings (SSSR count). The summed E-state index contributed by atoms with van der Waals surface area (Å²) in [7, 11) is 0. The van der Waals surface area contributed by atoms with Crippen molar-refractivity contribution in [3.05, 3.63) is 59.3 Å². The smallest absolute Gasteiger partial charge is 0.354 e. The van der Waals surface area contributed by atoms with Gasteiger partial charge in [0, 0.05) is 6.54 Å². The van der Waals surface area contributed by atoms with Gasteiger partial charge in [-0.15, -0.1) is 0 Å². The number of aryl methyl sites for hydroxylation is 1. The van der Waals surface area contributed by atoms with E-state index in [1.807, 2.05) is 12.1 Å². The maximum atomic E-state index is 10.8. The van der Waals surface area contributed by atoms with Crippen molar-refractivity contribution < 1.29 is 9.90 Å². The summed E-state index contributed by atoms with van der Waals surface area (Å²) in [6.07, 6.45) is 0.881. The molecular weight excluding hydrogens is 240 g/mol. The van der Waals surface area contributed by atoms with Gasteiger partial charge in [0.25, 0.3) is 0 Å². The summed E-state index contributed by atoms with van der Waals surface area (Å²) < 4.78 is 0. The van der Waals surface area contributed by atoms with Crippen LogP contribution in [0.1, 0.15) is 21.6 Å². The van der Waals surface area contributed by atoms with Gasteiger partial charge in [0.15, 0.2) is 5.69 Å². The maximum absolute atomic E-state index is 10.8. The lowest BCUT2D eigenvalue weighted by Gasteiger charge is -2.08. The third-order valence-corrected chi connectivity index (χ3v) is 2.93. The Hall–Kier alpha value is -2.36. The van der Waals surface area contributed by atoms with Gasteiger partial charge in [-0.2, -0.15) is 0 Å². The molecule has 2 aromatic rings. The van der Waals surface area contributed by atoms with Gasteiger partial charge in [-0.3, -0.25) is 0 Å². The molecule has 0 saturated carbocycles. The van der Waals surface area contributed by atoms with Gasteiger partial charge >= 0.3 is 5.97 Å². The first-order valence-electron chi connectivity index (χ1n) is 6.15. The molecule has 0 spiro atoms. The van der Waals surface area contributed by atoms with Crippen LogP contribution in [0.5, 0.6) is 0 Å². The second kappa shape index (κ2) is 6.00. The van der Waals surface area contributed by atoms with Crippen molar-refractivity contribution in [2.75, 3.05) is 11.9 Å². The number of hydrogen-bond donors (Lipinski definition) is 2. The van der Waals surface area contributed by atoms with Crippen LogP contribution in [0.4, 0.5) is 5.82 Å². The second-order valence-corrected chi connectivity index (χ2v) is 4.32. The topological polar surface area (TPSA) is 62.2 Å². The van der Waals surface area contributed by atoms with E-state index in [0.717, 1.165) is 13.0 Å². The molecule has 2 N–H and O–H groups in total. The fourth-order valence-electron chi connectivity index (χ4n) is 1.87. The number of hydrogen-bond acceptors (Lipinski definition) is 3. The van der Waals surface area contributed by atoms with Crippen LogP contribution >= 0.6 is 0 Å². The van der Waals surface area contributed by atoms with E-state index < -0.39 is 5.97 Å². The van der Waals surface area contributed by atoms with Gasteiger partial charge in [-0.25, -0.2) is 9.78 Å². The molecule has 0 aliphatic rings. The van der Waals surface area contributed by atoms with Gasteiger partial charge in [-0.05, 0) is 36.6 Å². The molecule has 0 amide bonds. The van der Waals surface area contributed by atoms with Gasteiger partial charge in [-0.1, -0.05) is 30.3 Å². The summed E-state index contributed by atoms with van der Waals surface area (Å²) in [5.74, 6) is -0.420. The van der Waals surface area contributed by atoms with E-state index in [0.29, 0.717) is 5.82 Å². The number of nitrogens with zero attached hydrogens (tertiary/aromatic N) is 1. The average molecular weight is 256 g/mol. The number of carbonyl (C=O) groups is 1. The number of anilines is 1. The van der Waals surface area contributed by atoms with Gasteiger partial charge in [0.1, 0.15) is 5.82 Å². The minimum atomic E-state index is -1.01. The third-order valence-electron chi connectivity index (χ3n) is 2.93. The largest absolute Gasteiger partial charge is 0.477 e. The van der Waals surface area contributed by atoms with Crippen LogP contribution < -0.4 is 5.32 Å². The summed E-state index contributed by atoms with van der Waals surface area (Å²) >= 11 is 0. The highest BCUT2D eigenvalue weighted by Gasteiger charge is 2.04. The molecule has 0 fully saturated rings. The number of aromatic nitrogens is 1. The normalized spacial score (nSPS) is 10.2. The van der Waals surface area contributed by atoms with Crippen molar-refractivity contribution in [2.24, 2.45) is 0 Å². The Labute approximate surface area is 112 Å². The van der Waals surface area contributed by atoms with E-state index >= 15 is 0 Å². The molecule has 0 aliphatic carbocycles. The van der Waals surface area contributed by atoms with Crippen molar-refractivity contribution in [3.8, 4) is 0 Å². The SMILES string of the molecule is Cc1ccccc1CCNc1cccc(C(=O)O)n1. The van der Waals surface area contributed by atoms with Crippen LogP contribution in [-0.2, 0) is 6.42 Å². The molecular formula is C15H16N2O2. The summed E-state index contributed by atoms with van der Waals surface area (Å²) in [6, 6.07) is 13.2. The van der Waals surface area contributed by atoms with Crippen molar-refractivity contribution in [1.29, 1.82) is 0 Å². The van der Waals surface area contributed by atoms with Gasteiger partial charge < -0.3 is 10.4 Å². The third kappa shape index (κ3) is 3.55. The number of carboxylic acid groups (broad SMARTS) is 1. The van der Waals surface area contributed by atoms with E-state index in [2.05, 4.69) is 29.4 Å². The highest BCUT2D eigenvalue weighted by molar-refractivity contribution is 5.85. The lowest BCUT2D eigenvalue weighted by Crippen LogP contribution is -2.09. The van der Waals surface area contributed by atoms with Crippen LogP contribution in [-0.4, -0.2) is 22.6 Å². The summed E-state index contributed by atoms with van der Waals surface area (Å²) in [6.45, 7) is 2.81. The minimum Gasteiger partial charge on any atom is -0.477 e. The standard InChI is InChI=1S/C15H16N2O2/c1-11-5-2-3-6-12(11)9-10-16-14-8-4-7-13(17-14)15(18)19/h2-8H,9-10H2,1H3,(H,16,17)(H,18,19). The van der Waals surface area contributed by atoms with Gasteiger partial charge in [0.05, 0.1) is 0 Å². The Morgan fingerprint density at radius 3 is 2.74 bits per heavy atom. The fourth-order valence-corrected chi connectivity index (χ4v) is 1.87. The molecule has 4 nitrogen and oxygen atoms in total. The highest BCUT2D eigenvalue weighted by atomic mass is 16.4. The number of pyridine rings is 1. The molecule has 0 bridgehead atoms. The number of carboxylic acids is 1. The van der Waals surface area contributed by atoms with Crippen molar-refractivity contribution in [2.45, 2.75) is 13.3 Å². The first kappa shape index (κ1) is 13.1. The van der Waals surface area contributed by atoms with Crippen LogP contribution in [0.25, 0.3) is 0 Å². The lowest BCUT2D eigenvalue weighted by atomic mass is 10.1. The zero-order chi connectivity index (χ0) is 13.7. The number of nitrogens with one attached hydrogen (secondary N) is 1. The first-order chi connectivity index (χ1) is 9.16.